The number of unbranched alkanes of at least 4 members (excludes halogenated alkanes) is 1. The van der Waals surface area contributed by atoms with Crippen molar-refractivity contribution < 1.29 is 46.1 Å². The molecule has 12 heteroatoms. The maximum atomic E-state index is 12.6. The number of para-hydroxylation sites is 1. The van der Waals surface area contributed by atoms with Crippen LogP contribution >= 0.6 is 8.46 Å². The molecule has 0 fully saturated rings. The van der Waals surface area contributed by atoms with Crippen molar-refractivity contribution in [3.8, 4) is 17.2 Å². The average Bonchev–Trinajstić information content (AvgIpc) is 2.82. The quantitative estimate of drug-likeness (QED) is 0.117. The molecule has 0 radical (unpaired) electrons. The smallest absolute Gasteiger partial charge is 0.410 e. The molecule has 214 valence electrons. The van der Waals surface area contributed by atoms with Crippen molar-refractivity contribution in [1.29, 1.82) is 0 Å². The summed E-state index contributed by atoms with van der Waals surface area (Å²) in [5.41, 5.74) is -1.24. The van der Waals surface area contributed by atoms with E-state index in [9.17, 15) is 22.6 Å². The van der Waals surface area contributed by atoms with Gasteiger partial charge in [-0.1, -0.05) is 28.8 Å². The first kappa shape index (κ1) is 32.2. The predicted molar refractivity (Wildman–Crippen MR) is 146 cm³/mol. The van der Waals surface area contributed by atoms with Crippen LogP contribution in [0.25, 0.3) is 0 Å². The van der Waals surface area contributed by atoms with Crippen LogP contribution in [0, 0.1) is 10.8 Å². The molecule has 2 aromatic carbocycles. The van der Waals surface area contributed by atoms with Crippen LogP contribution in [0.1, 0.15) is 59.9 Å². The fourth-order valence-electron chi connectivity index (χ4n) is 3.03. The molecular weight excluding hydrogens is 547 g/mol. The highest BCUT2D eigenvalue weighted by molar-refractivity contribution is 7.85. The summed E-state index contributed by atoms with van der Waals surface area (Å²) in [6.07, 6.45) is 0.922. The second kappa shape index (κ2) is 13.4. The topological polar surface area (TPSA) is 142 Å². The third kappa shape index (κ3) is 10.6. The summed E-state index contributed by atoms with van der Waals surface area (Å²) < 4.78 is 66.2. The minimum atomic E-state index is -4.09. The van der Waals surface area contributed by atoms with Gasteiger partial charge in [-0.2, -0.15) is 8.42 Å². The fourth-order valence-corrected chi connectivity index (χ4v) is 4.20. The van der Waals surface area contributed by atoms with Crippen LogP contribution in [-0.4, -0.2) is 37.1 Å². The molecule has 1 atom stereocenters. The van der Waals surface area contributed by atoms with E-state index in [2.05, 4.69) is 0 Å². The number of esters is 2. The van der Waals surface area contributed by atoms with Crippen LogP contribution in [0.3, 0.4) is 0 Å². The van der Waals surface area contributed by atoms with Crippen LogP contribution in [0.5, 0.6) is 17.2 Å². The molecule has 0 saturated carbocycles. The number of aryl methyl sites for hydroxylation is 1. The minimum absolute atomic E-state index is 0.00677. The molecule has 0 heterocycles. The van der Waals surface area contributed by atoms with Gasteiger partial charge in [-0.3, -0.25) is 14.1 Å². The number of benzene rings is 2. The molecule has 0 aliphatic rings. The monoisotopic (exact) mass is 583 g/mol. The maximum absolute atomic E-state index is 12.6. The zero-order valence-corrected chi connectivity index (χ0v) is 24.8. The second-order valence-electron chi connectivity index (χ2n) is 10.9. The molecular formula is C27H36O10PS+. The van der Waals surface area contributed by atoms with Gasteiger partial charge in [-0.25, -0.2) is 0 Å². The molecule has 0 spiro atoms. The average molecular weight is 584 g/mol. The summed E-state index contributed by atoms with van der Waals surface area (Å²) in [6.45, 7) is 8.05. The maximum Gasteiger partial charge on any atom is 0.410 e. The summed E-state index contributed by atoms with van der Waals surface area (Å²) in [5.74, 6) is -1.28. The Kier molecular flexibility index (Phi) is 11.0. The highest BCUT2D eigenvalue weighted by Crippen LogP contribution is 2.35. The summed E-state index contributed by atoms with van der Waals surface area (Å²) in [4.78, 5) is 25.3. The Morgan fingerprint density at radius 3 is 1.95 bits per heavy atom. The number of rotatable bonds is 12. The third-order valence-electron chi connectivity index (χ3n) is 5.23. The van der Waals surface area contributed by atoms with Gasteiger partial charge in [0.1, 0.15) is 5.75 Å². The van der Waals surface area contributed by atoms with Crippen molar-refractivity contribution in [1.82, 2.24) is 0 Å². The van der Waals surface area contributed by atoms with Gasteiger partial charge in [0.15, 0.2) is 5.75 Å². The Labute approximate surface area is 230 Å². The molecule has 0 aromatic heterocycles. The highest BCUT2D eigenvalue weighted by atomic mass is 32.2. The van der Waals surface area contributed by atoms with Crippen molar-refractivity contribution >= 4 is 35.8 Å². The van der Waals surface area contributed by atoms with Gasteiger partial charge in [0, 0.05) is 5.56 Å². The molecule has 2 aromatic rings. The standard InChI is InChI=1S/C27H35O10PS/c1-26(2,3)23(28)36-25(37-24(29)27(4,5)6)35-20-16-15-18(12-10-11-17-39(31,32)33)22(38-30)21(20)34-19-13-8-7-9-14-19/h7-9,13-16,25H,10-12,17H2,1-6H3,(H,31,32,33)/p+1. The first-order valence-electron chi connectivity index (χ1n) is 12.3. The number of hydrogen-bond donors (Lipinski definition) is 1. The van der Waals surface area contributed by atoms with Crippen molar-refractivity contribution in [3.05, 3.63) is 48.0 Å². The molecule has 0 amide bonds. The SMILES string of the molecule is CC(C)(C)C(=O)OC(OC(=O)C(C)(C)C)Oc1ccc(CCCCS(=O)(=O)O)c([PH+]=O)c1Oc1ccccc1. The first-order valence-corrected chi connectivity index (χ1v) is 14.8. The zero-order chi connectivity index (χ0) is 29.4. The minimum Gasteiger partial charge on any atom is -0.449 e. The predicted octanol–water partition coefficient (Wildman–Crippen LogP) is 5.18. The van der Waals surface area contributed by atoms with Gasteiger partial charge in [-0.05, 0) is 79.0 Å². The van der Waals surface area contributed by atoms with Gasteiger partial charge < -0.3 is 18.9 Å². The third-order valence-corrected chi connectivity index (χ3v) is 6.78. The van der Waals surface area contributed by atoms with E-state index in [0.717, 1.165) is 0 Å². The second-order valence-corrected chi connectivity index (χ2v) is 13.2. The molecule has 10 nitrogen and oxygen atoms in total. The normalized spacial score (nSPS) is 12.3. The zero-order valence-electron chi connectivity index (χ0n) is 23.0. The van der Waals surface area contributed by atoms with Crippen LogP contribution in [0.2, 0.25) is 0 Å². The number of carbonyl (C=O) groups excluding carboxylic acids is 2. The van der Waals surface area contributed by atoms with Crippen molar-refractivity contribution in [2.24, 2.45) is 10.8 Å². The van der Waals surface area contributed by atoms with Crippen LogP contribution in [-0.2, 0) is 40.2 Å². The largest absolute Gasteiger partial charge is 0.449 e. The first-order chi connectivity index (χ1) is 18.0. The molecule has 0 aliphatic carbocycles. The van der Waals surface area contributed by atoms with Gasteiger partial charge in [0.2, 0.25) is 11.1 Å². The van der Waals surface area contributed by atoms with E-state index in [4.69, 9.17) is 23.5 Å². The molecule has 0 aliphatic heterocycles. The van der Waals surface area contributed by atoms with Gasteiger partial charge >= 0.3 is 26.9 Å². The summed E-state index contributed by atoms with van der Waals surface area (Å²) in [6, 6.07) is 11.8. The lowest BCUT2D eigenvalue weighted by atomic mass is 9.97. The Morgan fingerprint density at radius 1 is 0.897 bits per heavy atom. The summed E-state index contributed by atoms with van der Waals surface area (Å²) in [7, 11) is -5.08. The lowest BCUT2D eigenvalue weighted by Crippen LogP contribution is -2.37. The van der Waals surface area contributed by atoms with Crippen molar-refractivity contribution in [2.75, 3.05) is 5.75 Å². The Morgan fingerprint density at radius 2 is 1.46 bits per heavy atom. The Balaban J connectivity index is 2.48. The molecule has 39 heavy (non-hydrogen) atoms. The van der Waals surface area contributed by atoms with Gasteiger partial charge in [0.25, 0.3) is 10.1 Å². The summed E-state index contributed by atoms with van der Waals surface area (Å²) >= 11 is 0. The van der Waals surface area contributed by atoms with Crippen molar-refractivity contribution in [2.45, 2.75) is 67.3 Å². The van der Waals surface area contributed by atoms with E-state index in [0.29, 0.717) is 24.2 Å². The lowest BCUT2D eigenvalue weighted by Gasteiger charge is -2.26. The molecule has 2 rings (SSSR count). The van der Waals surface area contributed by atoms with Gasteiger partial charge in [0.05, 0.1) is 16.6 Å². The van der Waals surface area contributed by atoms with E-state index in [1.807, 2.05) is 0 Å². The van der Waals surface area contributed by atoms with E-state index in [1.54, 1.807) is 77.9 Å². The molecule has 1 unspecified atom stereocenters. The Hall–Kier alpha value is -3.01. The highest BCUT2D eigenvalue weighted by Gasteiger charge is 2.34. The van der Waals surface area contributed by atoms with Crippen LogP contribution in [0.15, 0.2) is 42.5 Å². The molecule has 0 bridgehead atoms. The lowest BCUT2D eigenvalue weighted by molar-refractivity contribution is -0.245. The van der Waals surface area contributed by atoms with E-state index < -0.39 is 53.6 Å². The number of hydrogen-bond acceptors (Lipinski definition) is 9. The van der Waals surface area contributed by atoms with Crippen molar-refractivity contribution in [3.63, 3.8) is 0 Å². The van der Waals surface area contributed by atoms with E-state index in [-0.39, 0.29) is 23.2 Å². The number of carbonyl (C=O) groups is 2. The molecule has 0 saturated heterocycles. The summed E-state index contributed by atoms with van der Waals surface area (Å²) in [5, 5.41) is 0.270. The fraction of sp³-hybridized carbons (Fsp3) is 0.481. The van der Waals surface area contributed by atoms with Gasteiger partial charge in [-0.15, -0.1) is 0 Å². The Bertz CT molecular complexity index is 1230. The molecule has 1 N–H and O–H groups in total. The van der Waals surface area contributed by atoms with Crippen LogP contribution < -0.4 is 14.8 Å². The van der Waals surface area contributed by atoms with E-state index >= 15 is 0 Å². The number of ether oxygens (including phenoxy) is 4. The van der Waals surface area contributed by atoms with Crippen LogP contribution in [0.4, 0.5) is 0 Å². The van der Waals surface area contributed by atoms with E-state index in [1.165, 1.54) is 6.07 Å².